The van der Waals surface area contributed by atoms with E-state index in [0.29, 0.717) is 11.4 Å². The van der Waals surface area contributed by atoms with Gasteiger partial charge in [-0.15, -0.1) is 0 Å². The molecule has 4 nitrogen and oxygen atoms in total. The Morgan fingerprint density at radius 1 is 1.04 bits per heavy atom. The topological polar surface area (TPSA) is 41.6 Å². The predicted octanol–water partition coefficient (Wildman–Crippen LogP) is 4.59. The fourth-order valence-electron chi connectivity index (χ4n) is 1.74. The maximum atomic E-state index is 12.7. The summed E-state index contributed by atoms with van der Waals surface area (Å²) in [5.41, 5.74) is -0.305. The molecule has 0 fully saturated rings. The Balaban J connectivity index is 2.16. The van der Waals surface area contributed by atoms with E-state index in [1.807, 2.05) is 0 Å². The number of nitrogens with one attached hydrogen (secondary N) is 1. The number of urea groups is 1. The second-order valence-corrected chi connectivity index (χ2v) is 4.98. The quantitative estimate of drug-likeness (QED) is 0.897. The van der Waals surface area contributed by atoms with Gasteiger partial charge in [0, 0.05) is 25.8 Å². The highest BCUT2D eigenvalue weighted by atomic mass is 19.4. The van der Waals surface area contributed by atoms with Gasteiger partial charge in [-0.3, -0.25) is 0 Å². The van der Waals surface area contributed by atoms with E-state index in [4.69, 9.17) is 4.74 Å². The number of anilines is 1. The normalized spacial score (nSPS) is 11.0. The first-order valence-electron chi connectivity index (χ1n) is 6.69. The summed E-state index contributed by atoms with van der Waals surface area (Å²) in [7, 11) is 3.19. The summed E-state index contributed by atoms with van der Waals surface area (Å²) in [6.07, 6.45) is -4.43. The lowest BCUT2D eigenvalue weighted by molar-refractivity contribution is -0.137. The molecule has 23 heavy (non-hydrogen) atoms. The minimum absolute atomic E-state index is 0.0657. The summed E-state index contributed by atoms with van der Waals surface area (Å²) < 4.78 is 43.5. The molecule has 0 aromatic heterocycles. The molecule has 0 aliphatic carbocycles. The van der Waals surface area contributed by atoms with E-state index in [2.05, 4.69) is 5.32 Å². The fraction of sp³-hybridized carbons (Fsp3) is 0.188. The zero-order valence-corrected chi connectivity index (χ0v) is 12.5. The molecule has 122 valence electrons. The van der Waals surface area contributed by atoms with Crippen LogP contribution in [-0.4, -0.2) is 25.0 Å². The van der Waals surface area contributed by atoms with Crippen molar-refractivity contribution >= 4 is 11.7 Å². The van der Waals surface area contributed by atoms with Gasteiger partial charge in [0.15, 0.2) is 0 Å². The molecule has 1 N–H and O–H groups in total. The van der Waals surface area contributed by atoms with Crippen LogP contribution >= 0.6 is 0 Å². The van der Waals surface area contributed by atoms with E-state index in [1.54, 1.807) is 32.3 Å². The van der Waals surface area contributed by atoms with E-state index >= 15 is 0 Å². The zero-order valence-electron chi connectivity index (χ0n) is 12.5. The first-order valence-corrected chi connectivity index (χ1v) is 6.69. The van der Waals surface area contributed by atoms with Crippen molar-refractivity contribution < 1.29 is 22.7 Å². The molecule has 2 rings (SSSR count). The maximum Gasteiger partial charge on any atom is 0.416 e. The van der Waals surface area contributed by atoms with Crippen LogP contribution in [0, 0.1) is 0 Å². The molecule has 0 radical (unpaired) electrons. The smallest absolute Gasteiger partial charge is 0.416 e. The number of ether oxygens (including phenoxy) is 1. The van der Waals surface area contributed by atoms with Gasteiger partial charge in [-0.25, -0.2) is 4.79 Å². The van der Waals surface area contributed by atoms with Crippen molar-refractivity contribution in [3.8, 4) is 11.5 Å². The standard InChI is InChI=1S/C16H15F3N2O2/c1-21(2)15(22)20-12-6-4-8-14(10-12)23-13-7-3-5-11(9-13)16(17,18)19/h3-10H,1-2H3,(H,20,22). The Labute approximate surface area is 131 Å². The third-order valence-electron chi connectivity index (χ3n) is 2.89. The van der Waals surface area contributed by atoms with Crippen LogP contribution in [-0.2, 0) is 6.18 Å². The fourth-order valence-corrected chi connectivity index (χ4v) is 1.74. The number of carbonyl (C=O) groups is 1. The van der Waals surface area contributed by atoms with Crippen LogP contribution in [0.1, 0.15) is 5.56 Å². The molecule has 0 saturated heterocycles. The van der Waals surface area contributed by atoms with Crippen LogP contribution in [0.4, 0.5) is 23.7 Å². The summed E-state index contributed by atoms with van der Waals surface area (Å²) in [6.45, 7) is 0. The molecule has 0 unspecified atom stereocenters. The summed E-state index contributed by atoms with van der Waals surface area (Å²) in [4.78, 5) is 12.9. The largest absolute Gasteiger partial charge is 0.457 e. The van der Waals surface area contributed by atoms with Crippen LogP contribution in [0.5, 0.6) is 11.5 Å². The van der Waals surface area contributed by atoms with E-state index in [-0.39, 0.29) is 11.8 Å². The first kappa shape index (κ1) is 16.7. The van der Waals surface area contributed by atoms with Crippen molar-refractivity contribution in [3.63, 3.8) is 0 Å². The lowest BCUT2D eigenvalue weighted by atomic mass is 10.2. The van der Waals surface area contributed by atoms with Crippen LogP contribution in [0.2, 0.25) is 0 Å². The Hall–Kier alpha value is -2.70. The van der Waals surface area contributed by atoms with Gasteiger partial charge in [0.05, 0.1) is 5.56 Å². The number of carbonyl (C=O) groups excluding carboxylic acids is 1. The van der Waals surface area contributed by atoms with Gasteiger partial charge in [-0.2, -0.15) is 13.2 Å². The summed E-state index contributed by atoms with van der Waals surface area (Å²) in [5, 5.41) is 2.63. The van der Waals surface area contributed by atoms with Crippen molar-refractivity contribution in [2.45, 2.75) is 6.18 Å². The molecule has 2 aromatic carbocycles. The lowest BCUT2D eigenvalue weighted by Gasteiger charge is -2.13. The number of amides is 2. The monoisotopic (exact) mass is 324 g/mol. The Morgan fingerprint density at radius 2 is 1.65 bits per heavy atom. The highest BCUT2D eigenvalue weighted by Crippen LogP contribution is 2.33. The molecule has 0 aliphatic heterocycles. The third-order valence-corrected chi connectivity index (χ3v) is 2.89. The molecular formula is C16H15F3N2O2. The van der Waals surface area contributed by atoms with Crippen LogP contribution in [0.25, 0.3) is 0 Å². The maximum absolute atomic E-state index is 12.7. The number of alkyl halides is 3. The second-order valence-electron chi connectivity index (χ2n) is 4.98. The summed E-state index contributed by atoms with van der Waals surface area (Å²) in [6, 6.07) is 10.7. The van der Waals surface area contributed by atoms with E-state index in [0.717, 1.165) is 12.1 Å². The number of halogens is 3. The number of nitrogens with zero attached hydrogens (tertiary/aromatic N) is 1. The van der Waals surface area contributed by atoms with Gasteiger partial charge >= 0.3 is 12.2 Å². The highest BCUT2D eigenvalue weighted by molar-refractivity contribution is 5.89. The molecule has 0 spiro atoms. The number of hydrogen-bond donors (Lipinski definition) is 1. The van der Waals surface area contributed by atoms with E-state index < -0.39 is 11.7 Å². The van der Waals surface area contributed by atoms with E-state index in [9.17, 15) is 18.0 Å². The van der Waals surface area contributed by atoms with Gasteiger partial charge in [0.2, 0.25) is 0 Å². The van der Waals surface area contributed by atoms with Gasteiger partial charge < -0.3 is 15.0 Å². The van der Waals surface area contributed by atoms with Gasteiger partial charge in [-0.05, 0) is 30.3 Å². The zero-order chi connectivity index (χ0) is 17.0. The van der Waals surface area contributed by atoms with Gasteiger partial charge in [0.25, 0.3) is 0 Å². The second kappa shape index (κ2) is 6.60. The molecule has 0 atom stereocenters. The molecule has 0 bridgehead atoms. The van der Waals surface area contributed by atoms with Gasteiger partial charge in [-0.1, -0.05) is 12.1 Å². The lowest BCUT2D eigenvalue weighted by Crippen LogP contribution is -2.27. The highest BCUT2D eigenvalue weighted by Gasteiger charge is 2.30. The van der Waals surface area contributed by atoms with Crippen LogP contribution < -0.4 is 10.1 Å². The molecule has 0 saturated carbocycles. The van der Waals surface area contributed by atoms with Crippen molar-refractivity contribution in [1.82, 2.24) is 4.90 Å². The Bertz CT molecular complexity index is 700. The first-order chi connectivity index (χ1) is 10.8. The number of benzene rings is 2. The Kier molecular flexibility index (Phi) is 4.78. The molecule has 2 amide bonds. The Morgan fingerprint density at radius 3 is 2.26 bits per heavy atom. The molecule has 2 aromatic rings. The average molecular weight is 324 g/mol. The molecular weight excluding hydrogens is 309 g/mol. The number of rotatable bonds is 3. The molecule has 7 heteroatoms. The number of hydrogen-bond acceptors (Lipinski definition) is 2. The van der Waals surface area contributed by atoms with Crippen LogP contribution in [0.15, 0.2) is 48.5 Å². The SMILES string of the molecule is CN(C)C(=O)Nc1cccc(Oc2cccc(C(F)(F)F)c2)c1. The third kappa shape index (κ3) is 4.64. The summed E-state index contributed by atoms with van der Waals surface area (Å²) >= 11 is 0. The van der Waals surface area contributed by atoms with Crippen LogP contribution in [0.3, 0.4) is 0 Å². The molecule has 0 heterocycles. The molecule has 0 aliphatic rings. The summed E-state index contributed by atoms with van der Waals surface area (Å²) in [5.74, 6) is 0.386. The van der Waals surface area contributed by atoms with Crippen molar-refractivity contribution in [3.05, 3.63) is 54.1 Å². The predicted molar refractivity (Wildman–Crippen MR) is 80.7 cm³/mol. The minimum atomic E-state index is -4.43. The average Bonchev–Trinajstić information content (AvgIpc) is 2.47. The van der Waals surface area contributed by atoms with Crippen molar-refractivity contribution in [1.29, 1.82) is 0 Å². The van der Waals surface area contributed by atoms with Crippen molar-refractivity contribution in [2.75, 3.05) is 19.4 Å². The van der Waals surface area contributed by atoms with Crippen molar-refractivity contribution in [2.24, 2.45) is 0 Å². The minimum Gasteiger partial charge on any atom is -0.457 e. The van der Waals surface area contributed by atoms with E-state index in [1.165, 1.54) is 23.1 Å². The van der Waals surface area contributed by atoms with Gasteiger partial charge in [0.1, 0.15) is 11.5 Å².